The van der Waals surface area contributed by atoms with Crippen molar-refractivity contribution in [3.05, 3.63) is 59.8 Å². The molecule has 1 saturated heterocycles. The number of likely N-dealkylation sites (tertiary alicyclic amines) is 1. The quantitative estimate of drug-likeness (QED) is 0.386. The molecule has 1 saturated carbocycles. The molecule has 1 aliphatic carbocycles. The standard InChI is InChI=1S/C22H28N4O.HI/c1-23-21(26-13-11-22(17-26)9-5-10-22)25-15-19-8-12-24-20(14-19)27-16-18-6-3-2-4-7-18;/h2-4,6-8,12,14H,5,9-11,13,15-17H2,1H3,(H,23,25);1H. The van der Waals surface area contributed by atoms with Crippen molar-refractivity contribution in [2.24, 2.45) is 10.4 Å². The molecule has 1 aliphatic heterocycles. The molecule has 0 radical (unpaired) electrons. The van der Waals surface area contributed by atoms with Crippen molar-refractivity contribution >= 4 is 29.9 Å². The molecule has 4 rings (SSSR count). The Morgan fingerprint density at radius 3 is 2.68 bits per heavy atom. The van der Waals surface area contributed by atoms with Crippen LogP contribution in [0.25, 0.3) is 0 Å². The largest absolute Gasteiger partial charge is 0.473 e. The first-order valence-corrected chi connectivity index (χ1v) is 9.84. The van der Waals surface area contributed by atoms with Gasteiger partial charge in [-0.05, 0) is 41.9 Å². The van der Waals surface area contributed by atoms with Crippen molar-refractivity contribution in [3.63, 3.8) is 0 Å². The number of halogens is 1. The van der Waals surface area contributed by atoms with Crippen LogP contribution in [0.3, 0.4) is 0 Å². The number of nitrogens with one attached hydrogen (secondary N) is 1. The number of rotatable bonds is 5. The average molecular weight is 492 g/mol. The van der Waals surface area contributed by atoms with Gasteiger partial charge in [0.15, 0.2) is 5.96 Å². The molecular weight excluding hydrogens is 463 g/mol. The summed E-state index contributed by atoms with van der Waals surface area (Å²) >= 11 is 0. The molecule has 2 aromatic rings. The van der Waals surface area contributed by atoms with Crippen LogP contribution in [0.1, 0.15) is 36.8 Å². The summed E-state index contributed by atoms with van der Waals surface area (Å²) in [7, 11) is 1.87. The van der Waals surface area contributed by atoms with Crippen LogP contribution >= 0.6 is 24.0 Å². The summed E-state index contributed by atoms with van der Waals surface area (Å²) in [5, 5.41) is 3.51. The molecule has 2 fully saturated rings. The van der Waals surface area contributed by atoms with Crippen LogP contribution in [0.2, 0.25) is 0 Å². The summed E-state index contributed by atoms with van der Waals surface area (Å²) in [4.78, 5) is 11.2. The molecule has 28 heavy (non-hydrogen) atoms. The highest BCUT2D eigenvalue weighted by molar-refractivity contribution is 14.0. The molecule has 150 valence electrons. The SMILES string of the molecule is CN=C(NCc1ccnc(OCc2ccccc2)c1)N1CCC2(CCC2)C1.I. The maximum absolute atomic E-state index is 5.84. The molecule has 0 amide bonds. The monoisotopic (exact) mass is 492 g/mol. The molecular formula is C22H29IN4O. The number of aliphatic imine (C=N–C) groups is 1. The second kappa shape index (κ2) is 9.58. The lowest BCUT2D eigenvalue weighted by molar-refractivity contribution is 0.151. The van der Waals surface area contributed by atoms with Gasteiger partial charge in [0.2, 0.25) is 5.88 Å². The van der Waals surface area contributed by atoms with Crippen LogP contribution in [0.15, 0.2) is 53.7 Å². The zero-order valence-electron chi connectivity index (χ0n) is 16.4. The summed E-state index contributed by atoms with van der Waals surface area (Å²) in [5.74, 6) is 1.66. The number of guanidine groups is 1. The molecule has 2 heterocycles. The van der Waals surface area contributed by atoms with Crippen molar-refractivity contribution in [1.82, 2.24) is 15.2 Å². The molecule has 1 N–H and O–H groups in total. The van der Waals surface area contributed by atoms with Crippen LogP contribution in [0, 0.1) is 5.41 Å². The molecule has 6 heteroatoms. The van der Waals surface area contributed by atoms with Gasteiger partial charge in [-0.2, -0.15) is 0 Å². The molecule has 2 aliphatic rings. The number of hydrogen-bond donors (Lipinski definition) is 1. The number of nitrogens with zero attached hydrogens (tertiary/aromatic N) is 3. The average Bonchev–Trinajstić information content (AvgIpc) is 3.14. The van der Waals surface area contributed by atoms with Crippen molar-refractivity contribution < 1.29 is 4.74 Å². The van der Waals surface area contributed by atoms with Crippen LogP contribution < -0.4 is 10.1 Å². The van der Waals surface area contributed by atoms with Gasteiger partial charge in [-0.15, -0.1) is 24.0 Å². The molecule has 1 aromatic carbocycles. The fourth-order valence-electron chi connectivity index (χ4n) is 4.09. The van der Waals surface area contributed by atoms with E-state index in [1.807, 2.05) is 37.4 Å². The number of hydrogen-bond acceptors (Lipinski definition) is 3. The highest BCUT2D eigenvalue weighted by Gasteiger charge is 2.43. The van der Waals surface area contributed by atoms with E-state index in [0.717, 1.165) is 36.7 Å². The Morgan fingerprint density at radius 1 is 1.18 bits per heavy atom. The van der Waals surface area contributed by atoms with Gasteiger partial charge in [0.05, 0.1) is 0 Å². The summed E-state index contributed by atoms with van der Waals surface area (Å²) in [6, 6.07) is 14.2. The van der Waals surface area contributed by atoms with E-state index in [9.17, 15) is 0 Å². The first-order chi connectivity index (χ1) is 13.3. The predicted molar refractivity (Wildman–Crippen MR) is 123 cm³/mol. The Bertz CT molecular complexity index is 792. The van der Waals surface area contributed by atoms with Crippen LogP contribution in [-0.2, 0) is 13.2 Å². The normalized spacial score (nSPS) is 17.8. The maximum atomic E-state index is 5.84. The lowest BCUT2D eigenvalue weighted by atomic mass is 9.68. The third-order valence-electron chi connectivity index (χ3n) is 5.84. The second-order valence-electron chi connectivity index (χ2n) is 7.70. The number of ether oxygens (including phenoxy) is 1. The first kappa shape index (κ1) is 20.9. The molecule has 0 unspecified atom stereocenters. The van der Waals surface area contributed by atoms with E-state index in [4.69, 9.17) is 4.74 Å². The molecule has 0 atom stereocenters. The lowest BCUT2D eigenvalue weighted by Crippen LogP contribution is -2.42. The van der Waals surface area contributed by atoms with E-state index in [-0.39, 0.29) is 24.0 Å². The highest BCUT2D eigenvalue weighted by atomic mass is 127. The summed E-state index contributed by atoms with van der Waals surface area (Å²) < 4.78 is 5.84. The Hall–Kier alpha value is -1.83. The van der Waals surface area contributed by atoms with Gasteiger partial charge in [0.1, 0.15) is 6.61 Å². The van der Waals surface area contributed by atoms with Crippen molar-refractivity contribution in [2.45, 2.75) is 38.8 Å². The van der Waals surface area contributed by atoms with Gasteiger partial charge < -0.3 is 15.0 Å². The molecule has 1 aromatic heterocycles. The molecule has 5 nitrogen and oxygen atoms in total. The number of aromatic nitrogens is 1. The summed E-state index contributed by atoms with van der Waals surface area (Å²) in [6.07, 6.45) is 7.27. The highest BCUT2D eigenvalue weighted by Crippen LogP contribution is 2.47. The van der Waals surface area contributed by atoms with Crippen LogP contribution in [-0.4, -0.2) is 36.0 Å². The smallest absolute Gasteiger partial charge is 0.213 e. The first-order valence-electron chi connectivity index (χ1n) is 9.84. The Kier molecular flexibility index (Phi) is 7.15. The zero-order chi connectivity index (χ0) is 18.5. The van der Waals surface area contributed by atoms with E-state index in [1.165, 1.54) is 25.7 Å². The van der Waals surface area contributed by atoms with Crippen LogP contribution in [0.4, 0.5) is 0 Å². The minimum absolute atomic E-state index is 0. The third kappa shape index (κ3) is 4.96. The summed E-state index contributed by atoms with van der Waals surface area (Å²) in [6.45, 7) is 3.51. The maximum Gasteiger partial charge on any atom is 0.213 e. The van der Waals surface area contributed by atoms with Crippen molar-refractivity contribution in [3.8, 4) is 5.88 Å². The van der Waals surface area contributed by atoms with Gasteiger partial charge >= 0.3 is 0 Å². The zero-order valence-corrected chi connectivity index (χ0v) is 18.8. The Morgan fingerprint density at radius 2 is 2.00 bits per heavy atom. The van der Waals surface area contributed by atoms with E-state index in [1.54, 1.807) is 6.20 Å². The van der Waals surface area contributed by atoms with E-state index in [0.29, 0.717) is 17.9 Å². The van der Waals surface area contributed by atoms with Crippen molar-refractivity contribution in [1.29, 1.82) is 0 Å². The third-order valence-corrected chi connectivity index (χ3v) is 5.84. The second-order valence-corrected chi connectivity index (χ2v) is 7.70. The topological polar surface area (TPSA) is 49.8 Å². The fourth-order valence-corrected chi connectivity index (χ4v) is 4.09. The Balaban J connectivity index is 0.00000225. The molecule has 0 bridgehead atoms. The van der Waals surface area contributed by atoms with E-state index >= 15 is 0 Å². The fraction of sp³-hybridized carbons (Fsp3) is 0.455. The minimum Gasteiger partial charge on any atom is -0.473 e. The number of benzene rings is 1. The van der Waals surface area contributed by atoms with Gasteiger partial charge in [-0.3, -0.25) is 4.99 Å². The predicted octanol–water partition coefficient (Wildman–Crippen LogP) is 4.23. The molecule has 1 spiro atoms. The summed E-state index contributed by atoms with van der Waals surface area (Å²) in [5.41, 5.74) is 2.86. The van der Waals surface area contributed by atoms with Crippen LogP contribution in [0.5, 0.6) is 5.88 Å². The van der Waals surface area contributed by atoms with Gasteiger partial charge in [-0.25, -0.2) is 4.98 Å². The van der Waals surface area contributed by atoms with E-state index in [2.05, 4.69) is 32.3 Å². The van der Waals surface area contributed by atoms with Gasteiger partial charge in [0.25, 0.3) is 0 Å². The lowest BCUT2D eigenvalue weighted by Gasteiger charge is -2.38. The van der Waals surface area contributed by atoms with Crippen molar-refractivity contribution in [2.75, 3.05) is 20.1 Å². The van der Waals surface area contributed by atoms with Gasteiger partial charge in [-0.1, -0.05) is 36.8 Å². The van der Waals surface area contributed by atoms with E-state index < -0.39 is 0 Å². The van der Waals surface area contributed by atoms with Gasteiger partial charge in [0, 0.05) is 38.9 Å². The Labute approximate surface area is 184 Å². The number of pyridine rings is 1. The minimum atomic E-state index is 0.